The highest BCUT2D eigenvalue weighted by Gasteiger charge is 2.23. The van der Waals surface area contributed by atoms with E-state index in [0.29, 0.717) is 5.75 Å². The molecule has 0 aliphatic carbocycles. The highest BCUT2D eigenvalue weighted by molar-refractivity contribution is 7.89. The number of benzene rings is 1. The minimum atomic E-state index is -3.73. The number of aryl methyl sites for hydroxylation is 1. The van der Waals surface area contributed by atoms with E-state index in [1.54, 1.807) is 18.3 Å². The molecule has 0 saturated heterocycles. The van der Waals surface area contributed by atoms with Crippen LogP contribution in [0.15, 0.2) is 35.4 Å². The number of ether oxygens (including phenoxy) is 2. The Labute approximate surface area is 116 Å². The zero-order chi connectivity index (χ0) is 14.6. The number of hydrogen-bond acceptors (Lipinski definition) is 5. The fourth-order valence-electron chi connectivity index (χ4n) is 1.61. The second kappa shape index (κ2) is 5.93. The highest BCUT2D eigenvalue weighted by atomic mass is 32.2. The van der Waals surface area contributed by atoms with Crippen LogP contribution in [0.25, 0.3) is 0 Å². The molecule has 108 valence electrons. The molecular weight excluding hydrogens is 282 g/mol. The van der Waals surface area contributed by atoms with Crippen molar-refractivity contribution in [2.75, 3.05) is 6.79 Å². The summed E-state index contributed by atoms with van der Waals surface area (Å²) in [5, 5.41) is 11.6. The van der Waals surface area contributed by atoms with E-state index in [-0.39, 0.29) is 17.4 Å². The molecule has 1 aliphatic rings. The normalized spacial score (nSPS) is 12.7. The van der Waals surface area contributed by atoms with Crippen molar-refractivity contribution in [1.82, 2.24) is 10.2 Å². The molecule has 0 unspecified atom stereocenters. The summed E-state index contributed by atoms with van der Waals surface area (Å²) >= 11 is 0. The number of aromatic amines is 1. The molecule has 1 aliphatic heterocycles. The van der Waals surface area contributed by atoms with Gasteiger partial charge in [-0.2, -0.15) is 5.10 Å². The maximum Gasteiger partial charge on any atom is 0.241 e. The molecule has 0 atom stereocenters. The predicted molar refractivity (Wildman–Crippen MR) is 71.9 cm³/mol. The van der Waals surface area contributed by atoms with Crippen molar-refractivity contribution in [3.63, 3.8) is 0 Å². The van der Waals surface area contributed by atoms with Crippen molar-refractivity contribution in [2.24, 2.45) is 5.14 Å². The molecule has 2 heterocycles. The van der Waals surface area contributed by atoms with Crippen molar-refractivity contribution >= 4 is 10.0 Å². The maximum atomic E-state index is 11.0. The number of nitrogens with zero attached hydrogens (tertiary/aromatic N) is 1. The first-order chi connectivity index (χ1) is 9.52. The van der Waals surface area contributed by atoms with E-state index in [9.17, 15) is 8.42 Å². The van der Waals surface area contributed by atoms with Gasteiger partial charge in [0.2, 0.25) is 16.8 Å². The SMILES string of the molecule is CCc1ccn[nH]1.NS(=O)(=O)c1cccc2c1OCO2. The fraction of sp³-hybridized carbons (Fsp3) is 0.250. The Morgan fingerprint density at radius 3 is 2.70 bits per heavy atom. The lowest BCUT2D eigenvalue weighted by Crippen LogP contribution is -2.12. The molecule has 0 fully saturated rings. The van der Waals surface area contributed by atoms with Crippen LogP contribution in [0, 0.1) is 0 Å². The number of fused-ring (bicyclic) bond motifs is 1. The van der Waals surface area contributed by atoms with Crippen LogP contribution >= 0.6 is 0 Å². The van der Waals surface area contributed by atoms with E-state index in [4.69, 9.17) is 14.6 Å². The van der Waals surface area contributed by atoms with Gasteiger partial charge in [-0.05, 0) is 24.6 Å². The molecule has 1 aromatic carbocycles. The van der Waals surface area contributed by atoms with E-state index in [0.717, 1.165) is 6.42 Å². The first kappa shape index (κ1) is 14.4. The van der Waals surface area contributed by atoms with Gasteiger partial charge >= 0.3 is 0 Å². The number of nitrogens with two attached hydrogens (primary N) is 1. The fourth-order valence-corrected chi connectivity index (χ4v) is 2.30. The van der Waals surface area contributed by atoms with Crippen LogP contribution < -0.4 is 14.6 Å². The standard InChI is InChI=1S/C7H7NO4S.C5H8N2/c8-13(9,10)6-3-1-2-5-7(6)12-4-11-5;1-2-5-3-4-6-7-5/h1-3H,4H2,(H2,8,9,10);3-4H,2H2,1H3,(H,6,7). The molecule has 0 spiro atoms. The van der Waals surface area contributed by atoms with Gasteiger partial charge in [0.25, 0.3) is 0 Å². The van der Waals surface area contributed by atoms with Crippen molar-refractivity contribution in [3.8, 4) is 11.5 Å². The van der Waals surface area contributed by atoms with Gasteiger partial charge in [-0.1, -0.05) is 13.0 Å². The number of rotatable bonds is 2. The summed E-state index contributed by atoms with van der Waals surface area (Å²) in [5.41, 5.74) is 1.19. The summed E-state index contributed by atoms with van der Waals surface area (Å²) in [4.78, 5) is -0.0394. The Morgan fingerprint density at radius 2 is 2.15 bits per heavy atom. The van der Waals surface area contributed by atoms with Crippen LogP contribution in [0.5, 0.6) is 11.5 Å². The van der Waals surface area contributed by atoms with E-state index in [1.807, 2.05) is 6.07 Å². The van der Waals surface area contributed by atoms with Gasteiger partial charge in [-0.15, -0.1) is 0 Å². The third-order valence-corrected chi connectivity index (χ3v) is 3.54. The summed E-state index contributed by atoms with van der Waals surface area (Å²) in [5.74, 6) is 0.608. The maximum absolute atomic E-state index is 11.0. The summed E-state index contributed by atoms with van der Waals surface area (Å²) in [6, 6.07) is 6.52. The Morgan fingerprint density at radius 1 is 1.35 bits per heavy atom. The molecule has 20 heavy (non-hydrogen) atoms. The number of H-pyrrole nitrogens is 1. The van der Waals surface area contributed by atoms with Gasteiger partial charge in [0, 0.05) is 11.9 Å². The van der Waals surface area contributed by atoms with Crippen LogP contribution in [0.4, 0.5) is 0 Å². The molecule has 3 rings (SSSR count). The smallest absolute Gasteiger partial charge is 0.241 e. The second-order valence-corrected chi connectivity index (χ2v) is 5.50. The number of primary sulfonamides is 1. The van der Waals surface area contributed by atoms with Crippen LogP contribution in [0.2, 0.25) is 0 Å². The van der Waals surface area contributed by atoms with Gasteiger partial charge in [-0.3, -0.25) is 5.10 Å². The quantitative estimate of drug-likeness (QED) is 0.861. The molecular formula is C12H15N3O4S. The molecule has 0 saturated carbocycles. The van der Waals surface area contributed by atoms with Crippen LogP contribution in [0.3, 0.4) is 0 Å². The van der Waals surface area contributed by atoms with E-state index >= 15 is 0 Å². The molecule has 0 bridgehead atoms. The average molecular weight is 297 g/mol. The highest BCUT2D eigenvalue weighted by Crippen LogP contribution is 2.37. The van der Waals surface area contributed by atoms with Crippen LogP contribution in [-0.2, 0) is 16.4 Å². The molecule has 8 heteroatoms. The van der Waals surface area contributed by atoms with E-state index in [2.05, 4.69) is 17.1 Å². The molecule has 7 nitrogen and oxygen atoms in total. The largest absolute Gasteiger partial charge is 0.454 e. The zero-order valence-electron chi connectivity index (χ0n) is 10.9. The van der Waals surface area contributed by atoms with Gasteiger partial charge in [0.15, 0.2) is 11.5 Å². The lowest BCUT2D eigenvalue weighted by atomic mass is 10.3. The lowest BCUT2D eigenvalue weighted by molar-refractivity contribution is 0.172. The van der Waals surface area contributed by atoms with Gasteiger partial charge < -0.3 is 9.47 Å². The zero-order valence-corrected chi connectivity index (χ0v) is 11.7. The number of nitrogens with one attached hydrogen (secondary N) is 1. The van der Waals surface area contributed by atoms with Crippen molar-refractivity contribution < 1.29 is 17.9 Å². The topological polar surface area (TPSA) is 107 Å². The first-order valence-corrected chi connectivity index (χ1v) is 7.46. The summed E-state index contributed by atoms with van der Waals surface area (Å²) < 4.78 is 32.0. The number of hydrogen-bond donors (Lipinski definition) is 2. The predicted octanol–water partition coefficient (Wildman–Crippen LogP) is 1.03. The Kier molecular flexibility index (Phi) is 4.26. The Hall–Kier alpha value is -2.06. The Bertz CT molecular complexity index is 668. The molecule has 2 aromatic rings. The van der Waals surface area contributed by atoms with Crippen LogP contribution in [-0.4, -0.2) is 25.4 Å². The Balaban J connectivity index is 0.000000178. The number of para-hydroxylation sites is 1. The van der Waals surface area contributed by atoms with Crippen molar-refractivity contribution in [2.45, 2.75) is 18.2 Å². The average Bonchev–Trinajstić information content (AvgIpc) is 3.08. The van der Waals surface area contributed by atoms with Crippen LogP contribution in [0.1, 0.15) is 12.6 Å². The number of aromatic nitrogens is 2. The molecule has 0 amide bonds. The molecule has 3 N–H and O–H groups in total. The van der Waals surface area contributed by atoms with Gasteiger partial charge in [-0.25, -0.2) is 13.6 Å². The minimum Gasteiger partial charge on any atom is -0.454 e. The summed E-state index contributed by atoms with van der Waals surface area (Å²) in [7, 11) is -3.73. The monoisotopic (exact) mass is 297 g/mol. The van der Waals surface area contributed by atoms with Gasteiger partial charge in [0.05, 0.1) is 0 Å². The van der Waals surface area contributed by atoms with E-state index in [1.165, 1.54) is 11.8 Å². The van der Waals surface area contributed by atoms with Gasteiger partial charge in [0.1, 0.15) is 4.90 Å². The summed E-state index contributed by atoms with van der Waals surface area (Å²) in [6.45, 7) is 2.12. The molecule has 1 aromatic heterocycles. The first-order valence-electron chi connectivity index (χ1n) is 5.92. The second-order valence-electron chi connectivity index (χ2n) is 3.97. The van der Waals surface area contributed by atoms with Crippen molar-refractivity contribution in [1.29, 1.82) is 0 Å². The number of sulfonamides is 1. The van der Waals surface area contributed by atoms with Crippen molar-refractivity contribution in [3.05, 3.63) is 36.2 Å². The van der Waals surface area contributed by atoms with E-state index < -0.39 is 10.0 Å². The minimum absolute atomic E-state index is 0.0296. The third kappa shape index (κ3) is 3.28. The summed E-state index contributed by atoms with van der Waals surface area (Å²) in [6.07, 6.45) is 2.80. The third-order valence-electron chi connectivity index (χ3n) is 2.61. The molecule has 0 radical (unpaired) electrons. The lowest BCUT2D eigenvalue weighted by Gasteiger charge is -2.01.